The largest absolute Gasteiger partial charge is 0.444 e. The molecule has 1 fully saturated rings. The van der Waals surface area contributed by atoms with Crippen molar-refractivity contribution < 1.29 is 17.2 Å². The summed E-state index contributed by atoms with van der Waals surface area (Å²) in [5.74, 6) is 0.707. The Balaban J connectivity index is 1.56. The zero-order valence-corrected chi connectivity index (χ0v) is 15.3. The molecule has 0 unspecified atom stereocenters. The van der Waals surface area contributed by atoms with Crippen LogP contribution in [0.25, 0.3) is 0 Å². The van der Waals surface area contributed by atoms with Gasteiger partial charge < -0.3 is 4.42 Å². The van der Waals surface area contributed by atoms with Gasteiger partial charge >= 0.3 is 0 Å². The number of oxazole rings is 1. The minimum atomic E-state index is -3.66. The molecule has 2 aromatic heterocycles. The molecule has 6 nitrogen and oxygen atoms in total. The van der Waals surface area contributed by atoms with Crippen molar-refractivity contribution in [3.63, 3.8) is 0 Å². The Hall–Kier alpha value is -2.58. The molecule has 0 aliphatic carbocycles. The van der Waals surface area contributed by atoms with Gasteiger partial charge in [-0.05, 0) is 42.7 Å². The summed E-state index contributed by atoms with van der Waals surface area (Å²) in [5.41, 5.74) is 0.894. The maximum atomic E-state index is 13.0. The van der Waals surface area contributed by atoms with Crippen LogP contribution in [-0.4, -0.2) is 29.2 Å². The van der Waals surface area contributed by atoms with Crippen molar-refractivity contribution in [1.82, 2.24) is 14.3 Å². The van der Waals surface area contributed by atoms with Crippen LogP contribution in [0.5, 0.6) is 0 Å². The SMILES string of the molecule is O=S(=O)(c1cccnc1)N1CCC[C@H]1c1ncc(Cc2ccc(F)cc2)o1. The Kier molecular flexibility index (Phi) is 4.75. The van der Waals surface area contributed by atoms with Crippen LogP contribution in [0.1, 0.15) is 36.1 Å². The number of pyridine rings is 1. The second kappa shape index (κ2) is 7.21. The van der Waals surface area contributed by atoms with Crippen molar-refractivity contribution in [1.29, 1.82) is 0 Å². The molecule has 3 heterocycles. The van der Waals surface area contributed by atoms with Crippen molar-refractivity contribution >= 4 is 10.0 Å². The number of hydrogen-bond donors (Lipinski definition) is 0. The summed E-state index contributed by atoms with van der Waals surface area (Å²) in [6, 6.07) is 8.87. The molecule has 1 saturated heterocycles. The summed E-state index contributed by atoms with van der Waals surface area (Å²) in [6.45, 7) is 0.414. The van der Waals surface area contributed by atoms with E-state index in [-0.39, 0.29) is 10.7 Å². The molecule has 0 spiro atoms. The van der Waals surface area contributed by atoms with Crippen molar-refractivity contribution in [3.8, 4) is 0 Å². The van der Waals surface area contributed by atoms with Crippen LogP contribution >= 0.6 is 0 Å². The van der Waals surface area contributed by atoms with E-state index in [0.29, 0.717) is 31.0 Å². The average Bonchev–Trinajstić information content (AvgIpc) is 3.34. The number of nitrogens with zero attached hydrogens (tertiary/aromatic N) is 3. The summed E-state index contributed by atoms with van der Waals surface area (Å²) in [4.78, 5) is 8.37. The van der Waals surface area contributed by atoms with Crippen LogP contribution < -0.4 is 0 Å². The first-order valence-corrected chi connectivity index (χ1v) is 10.1. The standard InChI is InChI=1S/C19H18FN3O3S/c20-15-7-5-14(6-8-15)11-16-12-22-19(26-16)18-4-2-10-23(18)27(24,25)17-3-1-9-21-13-17/h1,3,5-9,12-13,18H,2,4,10-11H2/t18-/m0/s1. The number of halogens is 1. The molecule has 0 amide bonds. The Morgan fingerprint density at radius 3 is 2.74 bits per heavy atom. The van der Waals surface area contributed by atoms with Gasteiger partial charge in [-0.2, -0.15) is 4.31 Å². The fourth-order valence-corrected chi connectivity index (χ4v) is 4.89. The van der Waals surface area contributed by atoms with E-state index in [9.17, 15) is 12.8 Å². The van der Waals surface area contributed by atoms with Gasteiger partial charge in [0.1, 0.15) is 22.5 Å². The minimum absolute atomic E-state index is 0.162. The molecule has 1 aliphatic rings. The lowest BCUT2D eigenvalue weighted by atomic mass is 10.1. The normalized spacial score (nSPS) is 18.0. The number of sulfonamides is 1. The van der Waals surface area contributed by atoms with Gasteiger partial charge in [-0.15, -0.1) is 0 Å². The van der Waals surface area contributed by atoms with E-state index in [1.165, 1.54) is 34.9 Å². The third-order valence-electron chi connectivity index (χ3n) is 4.59. The predicted molar refractivity (Wildman–Crippen MR) is 95.8 cm³/mol. The molecule has 0 bridgehead atoms. The molecule has 140 valence electrons. The quantitative estimate of drug-likeness (QED) is 0.671. The summed E-state index contributed by atoms with van der Waals surface area (Å²) in [6.07, 6.45) is 6.34. The molecule has 1 aliphatic heterocycles. The van der Waals surface area contributed by atoms with Gasteiger partial charge in [0.05, 0.1) is 6.20 Å². The third kappa shape index (κ3) is 3.63. The van der Waals surface area contributed by atoms with E-state index in [1.807, 2.05) is 0 Å². The minimum Gasteiger partial charge on any atom is -0.444 e. The highest BCUT2D eigenvalue weighted by Gasteiger charge is 2.38. The van der Waals surface area contributed by atoms with Crippen molar-refractivity contribution in [2.75, 3.05) is 6.54 Å². The van der Waals surface area contributed by atoms with Gasteiger partial charge in [0.2, 0.25) is 15.9 Å². The van der Waals surface area contributed by atoms with E-state index in [4.69, 9.17) is 4.42 Å². The second-order valence-electron chi connectivity index (χ2n) is 6.43. The van der Waals surface area contributed by atoms with E-state index in [0.717, 1.165) is 12.0 Å². The molecule has 4 rings (SSSR count). The predicted octanol–water partition coefficient (Wildman–Crippen LogP) is 3.33. The van der Waals surface area contributed by atoms with Gasteiger partial charge in [0.25, 0.3) is 0 Å². The number of aromatic nitrogens is 2. The number of hydrogen-bond acceptors (Lipinski definition) is 5. The van der Waals surface area contributed by atoms with Gasteiger partial charge in [0.15, 0.2) is 0 Å². The van der Waals surface area contributed by atoms with Crippen LogP contribution in [0.15, 0.2) is 64.3 Å². The fraction of sp³-hybridized carbons (Fsp3) is 0.263. The molecule has 0 saturated carbocycles. The highest BCUT2D eigenvalue weighted by atomic mass is 32.2. The number of rotatable bonds is 5. The molecular weight excluding hydrogens is 369 g/mol. The Labute approximate surface area is 156 Å². The van der Waals surface area contributed by atoms with Gasteiger partial charge in [0, 0.05) is 25.4 Å². The number of benzene rings is 1. The summed E-state index contributed by atoms with van der Waals surface area (Å²) in [7, 11) is -3.66. The topological polar surface area (TPSA) is 76.3 Å². The zero-order valence-electron chi connectivity index (χ0n) is 14.5. The Morgan fingerprint density at radius 2 is 2.00 bits per heavy atom. The van der Waals surface area contributed by atoms with E-state index in [2.05, 4.69) is 9.97 Å². The van der Waals surface area contributed by atoms with Crippen LogP contribution in [0.3, 0.4) is 0 Å². The lowest BCUT2D eigenvalue weighted by molar-refractivity contribution is 0.322. The van der Waals surface area contributed by atoms with Gasteiger partial charge in [-0.1, -0.05) is 12.1 Å². The van der Waals surface area contributed by atoms with Crippen molar-refractivity contribution in [3.05, 3.63) is 78.0 Å². The Bertz CT molecular complexity index is 1020. The smallest absolute Gasteiger partial charge is 0.245 e. The first-order chi connectivity index (χ1) is 13.0. The Morgan fingerprint density at radius 1 is 1.19 bits per heavy atom. The maximum absolute atomic E-state index is 13.0. The second-order valence-corrected chi connectivity index (χ2v) is 8.32. The average molecular weight is 387 g/mol. The lowest BCUT2D eigenvalue weighted by Crippen LogP contribution is -2.30. The van der Waals surface area contributed by atoms with E-state index < -0.39 is 16.1 Å². The molecule has 3 aromatic rings. The molecule has 1 aromatic carbocycles. The van der Waals surface area contributed by atoms with Crippen LogP contribution in [-0.2, 0) is 16.4 Å². The van der Waals surface area contributed by atoms with Crippen LogP contribution in [0, 0.1) is 5.82 Å². The van der Waals surface area contributed by atoms with E-state index >= 15 is 0 Å². The summed E-state index contributed by atoms with van der Waals surface area (Å²) >= 11 is 0. The lowest BCUT2D eigenvalue weighted by Gasteiger charge is -2.21. The molecule has 1 atom stereocenters. The summed E-state index contributed by atoms with van der Waals surface area (Å²) in [5, 5.41) is 0. The summed E-state index contributed by atoms with van der Waals surface area (Å²) < 4.78 is 46.1. The van der Waals surface area contributed by atoms with Gasteiger partial charge in [-0.25, -0.2) is 17.8 Å². The van der Waals surface area contributed by atoms with Crippen LogP contribution in [0.2, 0.25) is 0 Å². The highest BCUT2D eigenvalue weighted by molar-refractivity contribution is 7.89. The van der Waals surface area contributed by atoms with Crippen molar-refractivity contribution in [2.24, 2.45) is 0 Å². The maximum Gasteiger partial charge on any atom is 0.245 e. The molecule has 0 radical (unpaired) electrons. The molecule has 27 heavy (non-hydrogen) atoms. The molecular formula is C19H18FN3O3S. The molecule has 8 heteroatoms. The van der Waals surface area contributed by atoms with E-state index in [1.54, 1.807) is 24.4 Å². The first kappa shape index (κ1) is 17.8. The van der Waals surface area contributed by atoms with Crippen molar-refractivity contribution in [2.45, 2.75) is 30.2 Å². The first-order valence-electron chi connectivity index (χ1n) is 8.65. The third-order valence-corrected chi connectivity index (χ3v) is 6.48. The fourth-order valence-electron chi connectivity index (χ4n) is 3.27. The zero-order chi connectivity index (χ0) is 18.9. The van der Waals surface area contributed by atoms with Crippen LogP contribution in [0.4, 0.5) is 4.39 Å². The van der Waals surface area contributed by atoms with Gasteiger partial charge in [-0.3, -0.25) is 4.98 Å². The monoisotopic (exact) mass is 387 g/mol. The highest BCUT2D eigenvalue weighted by Crippen LogP contribution is 2.36. The molecule has 0 N–H and O–H groups in total.